The molecule has 0 atom stereocenters. The Morgan fingerprint density at radius 2 is 2.33 bits per heavy atom. The molecule has 1 aromatic heterocycles. The molecular weight excluding hydrogens is 178 g/mol. The number of carbonyl (C=O) groups excluding carboxylic acids is 1. The minimum atomic E-state index is -0.508. The van der Waals surface area contributed by atoms with Crippen LogP contribution in [0, 0.1) is 0 Å². The molecule has 6 heteroatoms. The molecule has 0 unspecified atom stereocenters. The highest BCUT2D eigenvalue weighted by molar-refractivity contribution is 7.98. The first-order valence-corrected chi connectivity index (χ1v) is 4.45. The predicted molar refractivity (Wildman–Crippen MR) is 44.1 cm³/mol. The maximum atomic E-state index is 10.9. The van der Waals surface area contributed by atoms with Crippen molar-refractivity contribution in [3.63, 3.8) is 0 Å². The third kappa shape index (κ3) is 1.58. The zero-order chi connectivity index (χ0) is 9.14. The van der Waals surface area contributed by atoms with E-state index < -0.39 is 5.97 Å². The monoisotopic (exact) mass is 187 g/mol. The highest BCUT2D eigenvalue weighted by atomic mass is 32.2. The molecule has 0 aliphatic carbocycles. The van der Waals surface area contributed by atoms with Crippen molar-refractivity contribution in [1.82, 2.24) is 14.8 Å². The highest BCUT2D eigenvalue weighted by Gasteiger charge is 2.13. The SMILES string of the molecule is COC(=O)c1nc(SC)n(C)n1. The first kappa shape index (κ1) is 9.05. The first-order valence-electron chi connectivity index (χ1n) is 3.22. The van der Waals surface area contributed by atoms with E-state index in [9.17, 15) is 4.79 Å². The fourth-order valence-corrected chi connectivity index (χ4v) is 1.21. The Balaban J connectivity index is 2.96. The molecule has 0 aliphatic rings. The first-order chi connectivity index (χ1) is 5.69. The number of thioether (sulfide) groups is 1. The van der Waals surface area contributed by atoms with Crippen molar-refractivity contribution in [3.8, 4) is 0 Å². The van der Waals surface area contributed by atoms with E-state index in [0.717, 1.165) is 0 Å². The molecule has 0 bridgehead atoms. The second-order valence-electron chi connectivity index (χ2n) is 2.04. The second-order valence-corrected chi connectivity index (χ2v) is 2.81. The Morgan fingerprint density at radius 3 is 2.75 bits per heavy atom. The zero-order valence-electron chi connectivity index (χ0n) is 7.07. The Labute approximate surface area is 74.1 Å². The van der Waals surface area contributed by atoms with Crippen LogP contribution in [-0.2, 0) is 11.8 Å². The van der Waals surface area contributed by atoms with E-state index in [1.165, 1.54) is 23.6 Å². The van der Waals surface area contributed by atoms with Crippen molar-refractivity contribution in [3.05, 3.63) is 5.82 Å². The molecule has 0 radical (unpaired) electrons. The topological polar surface area (TPSA) is 57.0 Å². The van der Waals surface area contributed by atoms with Crippen LogP contribution in [0.2, 0.25) is 0 Å². The number of hydrogen-bond acceptors (Lipinski definition) is 5. The van der Waals surface area contributed by atoms with Gasteiger partial charge in [-0.15, -0.1) is 5.10 Å². The summed E-state index contributed by atoms with van der Waals surface area (Å²) in [5, 5.41) is 4.55. The van der Waals surface area contributed by atoms with Crippen LogP contribution in [-0.4, -0.2) is 34.1 Å². The molecule has 0 fully saturated rings. The Morgan fingerprint density at radius 1 is 1.67 bits per heavy atom. The van der Waals surface area contributed by atoms with Gasteiger partial charge in [0.2, 0.25) is 0 Å². The van der Waals surface area contributed by atoms with Crippen LogP contribution in [0.3, 0.4) is 0 Å². The van der Waals surface area contributed by atoms with Gasteiger partial charge in [0.05, 0.1) is 7.11 Å². The summed E-state index contributed by atoms with van der Waals surface area (Å²) in [6.45, 7) is 0. The maximum absolute atomic E-state index is 10.9. The lowest BCUT2D eigenvalue weighted by atomic mass is 10.6. The van der Waals surface area contributed by atoms with Gasteiger partial charge in [-0.05, 0) is 6.26 Å². The smallest absolute Gasteiger partial charge is 0.377 e. The fraction of sp³-hybridized carbons (Fsp3) is 0.500. The molecular formula is C6H9N3O2S. The van der Waals surface area contributed by atoms with Gasteiger partial charge in [0.15, 0.2) is 5.16 Å². The standard InChI is InChI=1S/C6H9N3O2S/c1-9-6(12-3)7-4(8-9)5(10)11-2/h1-3H3. The number of methoxy groups -OCH3 is 1. The molecule has 1 aromatic rings. The average Bonchev–Trinajstić information content (AvgIpc) is 2.45. The molecule has 0 spiro atoms. The molecule has 0 amide bonds. The highest BCUT2D eigenvalue weighted by Crippen LogP contribution is 2.10. The van der Waals surface area contributed by atoms with Gasteiger partial charge < -0.3 is 4.74 Å². The largest absolute Gasteiger partial charge is 0.463 e. The quantitative estimate of drug-likeness (QED) is 0.493. The average molecular weight is 187 g/mol. The second kappa shape index (κ2) is 3.57. The molecule has 1 heterocycles. The molecule has 12 heavy (non-hydrogen) atoms. The maximum Gasteiger partial charge on any atom is 0.377 e. The fourth-order valence-electron chi connectivity index (χ4n) is 0.726. The third-order valence-corrected chi connectivity index (χ3v) is 1.99. The van der Waals surface area contributed by atoms with Crippen LogP contribution in [0.1, 0.15) is 10.6 Å². The van der Waals surface area contributed by atoms with Gasteiger partial charge in [0, 0.05) is 7.05 Å². The normalized spacial score (nSPS) is 9.92. The number of nitrogens with zero attached hydrogens (tertiary/aromatic N) is 3. The minimum absolute atomic E-state index is 0.101. The van der Waals surface area contributed by atoms with Crippen LogP contribution in [0.5, 0.6) is 0 Å². The summed E-state index contributed by atoms with van der Waals surface area (Å²) >= 11 is 1.43. The van der Waals surface area contributed by atoms with Crippen LogP contribution in [0.25, 0.3) is 0 Å². The number of aryl methyl sites for hydroxylation is 1. The molecule has 0 saturated carbocycles. The van der Waals surface area contributed by atoms with Crippen molar-refractivity contribution < 1.29 is 9.53 Å². The van der Waals surface area contributed by atoms with Gasteiger partial charge in [-0.1, -0.05) is 11.8 Å². The summed E-state index contributed by atoms with van der Waals surface area (Å²) in [5.41, 5.74) is 0. The Bertz CT molecular complexity index is 297. The number of hydrogen-bond donors (Lipinski definition) is 0. The number of esters is 1. The Kier molecular flexibility index (Phi) is 2.69. The lowest BCUT2D eigenvalue weighted by Crippen LogP contribution is -2.04. The number of carbonyl (C=O) groups is 1. The third-order valence-electron chi connectivity index (χ3n) is 1.27. The van der Waals surface area contributed by atoms with Gasteiger partial charge in [-0.25, -0.2) is 9.48 Å². The van der Waals surface area contributed by atoms with Crippen molar-refractivity contribution >= 4 is 17.7 Å². The molecule has 66 valence electrons. The van der Waals surface area contributed by atoms with Crippen LogP contribution in [0.4, 0.5) is 0 Å². The van der Waals surface area contributed by atoms with E-state index >= 15 is 0 Å². The van der Waals surface area contributed by atoms with Crippen LogP contribution in [0.15, 0.2) is 5.16 Å². The minimum Gasteiger partial charge on any atom is -0.463 e. The molecule has 1 rings (SSSR count). The van der Waals surface area contributed by atoms with E-state index in [2.05, 4.69) is 14.8 Å². The summed E-state index contributed by atoms with van der Waals surface area (Å²) in [6, 6.07) is 0. The van der Waals surface area contributed by atoms with E-state index in [0.29, 0.717) is 5.16 Å². The van der Waals surface area contributed by atoms with Crippen LogP contribution < -0.4 is 0 Å². The summed E-state index contributed by atoms with van der Waals surface area (Å²) < 4.78 is 6.00. The Hall–Kier alpha value is -1.04. The van der Waals surface area contributed by atoms with Crippen molar-refractivity contribution in [2.45, 2.75) is 5.16 Å². The molecule has 5 nitrogen and oxygen atoms in total. The molecule has 0 saturated heterocycles. The lowest BCUT2D eigenvalue weighted by Gasteiger charge is -1.89. The number of ether oxygens (including phenoxy) is 1. The molecule has 0 aliphatic heterocycles. The van der Waals surface area contributed by atoms with Crippen molar-refractivity contribution in [1.29, 1.82) is 0 Å². The summed E-state index contributed by atoms with van der Waals surface area (Å²) in [7, 11) is 3.03. The van der Waals surface area contributed by atoms with Crippen molar-refractivity contribution in [2.24, 2.45) is 7.05 Å². The van der Waals surface area contributed by atoms with Gasteiger partial charge in [0.25, 0.3) is 5.82 Å². The number of rotatable bonds is 2. The van der Waals surface area contributed by atoms with Gasteiger partial charge >= 0.3 is 5.97 Å². The predicted octanol–water partition coefficient (Wildman–Crippen LogP) is 0.324. The molecule has 0 N–H and O–H groups in total. The van der Waals surface area contributed by atoms with E-state index in [1.54, 1.807) is 7.05 Å². The van der Waals surface area contributed by atoms with Crippen LogP contribution >= 0.6 is 11.8 Å². The van der Waals surface area contributed by atoms with Gasteiger partial charge in [0.1, 0.15) is 0 Å². The summed E-state index contributed by atoms with van der Waals surface area (Å²) in [6.07, 6.45) is 1.87. The summed E-state index contributed by atoms with van der Waals surface area (Å²) in [5.74, 6) is -0.407. The van der Waals surface area contributed by atoms with Gasteiger partial charge in [-0.2, -0.15) is 4.98 Å². The lowest BCUT2D eigenvalue weighted by molar-refractivity contribution is 0.0586. The zero-order valence-corrected chi connectivity index (χ0v) is 7.88. The van der Waals surface area contributed by atoms with E-state index in [4.69, 9.17) is 0 Å². The van der Waals surface area contributed by atoms with E-state index in [-0.39, 0.29) is 5.82 Å². The van der Waals surface area contributed by atoms with E-state index in [1.807, 2.05) is 6.26 Å². The summed E-state index contributed by atoms with van der Waals surface area (Å²) in [4.78, 5) is 14.9. The van der Waals surface area contributed by atoms with Crippen molar-refractivity contribution in [2.75, 3.05) is 13.4 Å². The van der Waals surface area contributed by atoms with Gasteiger partial charge in [-0.3, -0.25) is 0 Å². The molecule has 0 aromatic carbocycles. The number of aromatic nitrogens is 3.